The summed E-state index contributed by atoms with van der Waals surface area (Å²) in [6.45, 7) is 7.13. The number of carbonyl (C=O) groups is 1. The Bertz CT molecular complexity index is 1010. The minimum Gasteiger partial charge on any atom is -0.372 e. The zero-order valence-electron chi connectivity index (χ0n) is 17.8. The van der Waals surface area contributed by atoms with Crippen LogP contribution < -0.4 is 0 Å². The van der Waals surface area contributed by atoms with E-state index in [4.69, 9.17) is 4.74 Å². The van der Waals surface area contributed by atoms with Crippen LogP contribution in [0.25, 0.3) is 5.69 Å². The molecule has 2 unspecified atom stereocenters. The van der Waals surface area contributed by atoms with Crippen LogP contribution in [0.4, 0.5) is 0 Å². The van der Waals surface area contributed by atoms with E-state index >= 15 is 0 Å². The fraction of sp³-hybridized carbons (Fsp3) is 0.375. The second kappa shape index (κ2) is 8.79. The van der Waals surface area contributed by atoms with Crippen LogP contribution in [-0.2, 0) is 17.6 Å². The van der Waals surface area contributed by atoms with Crippen molar-refractivity contribution in [3.8, 4) is 5.69 Å². The summed E-state index contributed by atoms with van der Waals surface area (Å²) in [6, 6.07) is 18.4. The Morgan fingerprint density at radius 2 is 1.77 bits per heavy atom. The molecule has 1 saturated heterocycles. The summed E-state index contributed by atoms with van der Waals surface area (Å²) in [4.78, 5) is 19.6. The first-order valence-electron chi connectivity index (χ1n) is 10.5. The molecule has 1 amide bonds. The van der Waals surface area contributed by atoms with Crippen molar-refractivity contribution in [1.82, 2.24) is 19.7 Å². The molecule has 4 rings (SSSR count). The first kappa shape index (κ1) is 20.3. The van der Waals surface area contributed by atoms with Crippen molar-refractivity contribution in [2.75, 3.05) is 13.1 Å². The van der Waals surface area contributed by atoms with Crippen LogP contribution >= 0.6 is 0 Å². The number of nitrogens with zero attached hydrogens (tertiary/aromatic N) is 4. The van der Waals surface area contributed by atoms with Gasteiger partial charge in [0.05, 0.1) is 17.9 Å². The fourth-order valence-corrected chi connectivity index (χ4v) is 3.95. The Kier molecular flexibility index (Phi) is 5.95. The van der Waals surface area contributed by atoms with Crippen LogP contribution in [0.3, 0.4) is 0 Å². The lowest BCUT2D eigenvalue weighted by molar-refractivity contribution is -0.0588. The third-order valence-corrected chi connectivity index (χ3v) is 5.30. The van der Waals surface area contributed by atoms with Crippen molar-refractivity contribution in [2.45, 2.75) is 45.8 Å². The van der Waals surface area contributed by atoms with Crippen molar-refractivity contribution >= 4 is 5.91 Å². The second-order valence-electron chi connectivity index (χ2n) is 8.06. The predicted octanol–water partition coefficient (Wildman–Crippen LogP) is 3.61. The molecule has 0 spiro atoms. The first-order chi connectivity index (χ1) is 14.5. The predicted molar refractivity (Wildman–Crippen MR) is 116 cm³/mol. The molecule has 1 aliphatic heterocycles. The lowest BCUT2D eigenvalue weighted by Gasteiger charge is -2.34. The van der Waals surface area contributed by atoms with Crippen LogP contribution in [0.15, 0.2) is 54.6 Å². The van der Waals surface area contributed by atoms with Crippen LogP contribution in [0.1, 0.15) is 41.4 Å². The third-order valence-electron chi connectivity index (χ3n) is 5.30. The Labute approximate surface area is 177 Å². The lowest BCUT2D eigenvalue weighted by atomic mass is 10.1. The highest BCUT2D eigenvalue weighted by atomic mass is 16.5. The Hall–Kier alpha value is -2.99. The zero-order chi connectivity index (χ0) is 21.1. The van der Waals surface area contributed by atoms with Gasteiger partial charge < -0.3 is 9.64 Å². The van der Waals surface area contributed by atoms with E-state index in [9.17, 15) is 4.79 Å². The molecule has 2 heterocycles. The van der Waals surface area contributed by atoms with Gasteiger partial charge in [0.15, 0.2) is 0 Å². The molecule has 3 aromatic rings. The van der Waals surface area contributed by atoms with Gasteiger partial charge in [0.25, 0.3) is 5.91 Å². The summed E-state index contributed by atoms with van der Waals surface area (Å²) < 4.78 is 7.58. The number of aromatic nitrogens is 3. The van der Waals surface area contributed by atoms with Crippen LogP contribution in [-0.4, -0.2) is 50.9 Å². The Morgan fingerprint density at radius 1 is 1.03 bits per heavy atom. The summed E-state index contributed by atoms with van der Waals surface area (Å²) >= 11 is 0. The van der Waals surface area contributed by atoms with Gasteiger partial charge in [0.1, 0.15) is 5.82 Å². The number of benzene rings is 2. The van der Waals surface area contributed by atoms with Gasteiger partial charge in [-0.3, -0.25) is 4.79 Å². The number of rotatable bonds is 5. The van der Waals surface area contributed by atoms with Gasteiger partial charge in [-0.25, -0.2) is 9.67 Å². The number of hydrogen-bond donors (Lipinski definition) is 0. The van der Waals surface area contributed by atoms with E-state index < -0.39 is 0 Å². The highest BCUT2D eigenvalue weighted by Crippen LogP contribution is 2.17. The smallest absolute Gasteiger partial charge is 0.293 e. The quantitative estimate of drug-likeness (QED) is 0.652. The first-order valence-corrected chi connectivity index (χ1v) is 10.5. The van der Waals surface area contributed by atoms with E-state index in [0.717, 1.165) is 23.5 Å². The number of ether oxygens (including phenoxy) is 1. The molecule has 0 N–H and O–H groups in total. The molecule has 6 heteroatoms. The van der Waals surface area contributed by atoms with E-state index in [2.05, 4.69) is 28.3 Å². The summed E-state index contributed by atoms with van der Waals surface area (Å²) in [6.07, 6.45) is 1.56. The molecule has 0 aliphatic carbocycles. The van der Waals surface area contributed by atoms with E-state index in [0.29, 0.717) is 19.5 Å². The van der Waals surface area contributed by atoms with Gasteiger partial charge in [0, 0.05) is 19.5 Å². The number of carbonyl (C=O) groups excluding carboxylic acids is 1. The summed E-state index contributed by atoms with van der Waals surface area (Å²) in [5.74, 6) is 0.910. The van der Waals surface area contributed by atoms with E-state index in [1.54, 1.807) is 4.90 Å². The Morgan fingerprint density at radius 3 is 2.47 bits per heavy atom. The minimum absolute atomic E-state index is 0.00843. The van der Waals surface area contributed by atoms with Crippen molar-refractivity contribution in [3.63, 3.8) is 0 Å². The summed E-state index contributed by atoms with van der Waals surface area (Å²) in [5.41, 5.74) is 3.30. The monoisotopic (exact) mass is 404 g/mol. The van der Waals surface area contributed by atoms with Gasteiger partial charge >= 0.3 is 0 Å². The van der Waals surface area contributed by atoms with Crippen molar-refractivity contribution in [3.05, 3.63) is 77.4 Å². The van der Waals surface area contributed by atoms with Gasteiger partial charge in [-0.1, -0.05) is 42.5 Å². The average Bonchev–Trinajstić information content (AvgIpc) is 3.16. The van der Waals surface area contributed by atoms with E-state index in [1.165, 1.54) is 5.56 Å². The number of amides is 1. The lowest BCUT2D eigenvalue weighted by Crippen LogP contribution is -2.48. The van der Waals surface area contributed by atoms with Crippen LogP contribution in [0.2, 0.25) is 0 Å². The van der Waals surface area contributed by atoms with Crippen molar-refractivity contribution in [2.24, 2.45) is 0 Å². The molecule has 1 aliphatic rings. The van der Waals surface area contributed by atoms with E-state index in [-0.39, 0.29) is 23.9 Å². The summed E-state index contributed by atoms with van der Waals surface area (Å²) in [5, 5.41) is 4.63. The molecule has 2 atom stereocenters. The van der Waals surface area contributed by atoms with Gasteiger partial charge in [-0.05, 0) is 50.5 Å². The molecule has 1 fully saturated rings. The molecule has 156 valence electrons. The molecule has 0 radical (unpaired) electrons. The Balaban J connectivity index is 1.64. The van der Waals surface area contributed by atoms with Crippen LogP contribution in [0.5, 0.6) is 0 Å². The zero-order valence-corrected chi connectivity index (χ0v) is 17.8. The van der Waals surface area contributed by atoms with Gasteiger partial charge in [0.2, 0.25) is 5.82 Å². The third kappa shape index (κ3) is 4.60. The van der Waals surface area contributed by atoms with Crippen molar-refractivity contribution < 1.29 is 9.53 Å². The molecular formula is C24H28N4O2. The van der Waals surface area contributed by atoms with Crippen molar-refractivity contribution in [1.29, 1.82) is 0 Å². The van der Waals surface area contributed by atoms with Gasteiger partial charge in [-0.2, -0.15) is 0 Å². The highest BCUT2D eigenvalue weighted by molar-refractivity contribution is 5.90. The fourth-order valence-electron chi connectivity index (χ4n) is 3.95. The number of morpholine rings is 1. The molecule has 6 nitrogen and oxygen atoms in total. The number of hydrogen-bond acceptors (Lipinski definition) is 4. The molecule has 0 saturated carbocycles. The normalized spacial score (nSPS) is 19.1. The second-order valence-corrected chi connectivity index (χ2v) is 8.06. The minimum atomic E-state index is -0.135. The molecular weight excluding hydrogens is 376 g/mol. The average molecular weight is 405 g/mol. The molecule has 0 bridgehead atoms. The topological polar surface area (TPSA) is 60.2 Å². The number of aryl methyl sites for hydroxylation is 3. The van der Waals surface area contributed by atoms with Crippen LogP contribution in [0, 0.1) is 6.92 Å². The van der Waals surface area contributed by atoms with E-state index in [1.807, 2.05) is 61.9 Å². The highest BCUT2D eigenvalue weighted by Gasteiger charge is 2.29. The molecule has 1 aromatic heterocycles. The molecule has 30 heavy (non-hydrogen) atoms. The summed E-state index contributed by atoms with van der Waals surface area (Å²) in [7, 11) is 0. The SMILES string of the molecule is Cc1cccc(-n2nc(C(=O)N3CC(C)OC(C)C3)nc2CCc2ccccc2)c1. The van der Waals surface area contributed by atoms with Gasteiger partial charge in [-0.15, -0.1) is 5.10 Å². The standard InChI is InChI=1S/C24H28N4O2/c1-17-8-7-11-21(14-17)28-22(13-12-20-9-5-4-6-10-20)25-23(26-28)24(29)27-15-18(2)30-19(3)16-27/h4-11,14,18-19H,12-13,15-16H2,1-3H3. The molecule has 2 aromatic carbocycles. The maximum absolute atomic E-state index is 13.2. The maximum Gasteiger partial charge on any atom is 0.293 e. The largest absolute Gasteiger partial charge is 0.372 e. The maximum atomic E-state index is 13.2.